The smallest absolute Gasteiger partial charge is 0.238 e. The zero-order valence-corrected chi connectivity index (χ0v) is 11.7. The predicted molar refractivity (Wildman–Crippen MR) is 70.5 cm³/mol. The number of ether oxygens (including phenoxy) is 2. The fraction of sp³-hybridized carbons (Fsp3) is 0.692. The molecule has 0 saturated heterocycles. The Labute approximate surface area is 109 Å². The summed E-state index contributed by atoms with van der Waals surface area (Å²) in [5.41, 5.74) is 8.57. The Bertz CT molecular complexity index is 381. The highest BCUT2D eigenvalue weighted by molar-refractivity contribution is 5.34. The molecule has 0 radical (unpaired) electrons. The van der Waals surface area contributed by atoms with Crippen LogP contribution in [0, 0.1) is 19.8 Å². The number of nitrogens with two attached hydrogens (primary N) is 1. The second-order valence-corrected chi connectivity index (χ2v) is 4.72. The van der Waals surface area contributed by atoms with Crippen LogP contribution in [0.4, 0.5) is 0 Å². The topological polar surface area (TPSA) is 70.3 Å². The van der Waals surface area contributed by atoms with Gasteiger partial charge in [-0.3, -0.25) is 0 Å². The molecule has 0 aliphatic carbocycles. The van der Waals surface area contributed by atoms with Gasteiger partial charge in [-0.05, 0) is 25.3 Å². The summed E-state index contributed by atoms with van der Waals surface area (Å²) >= 11 is 0. The average Bonchev–Trinajstić information content (AvgIpc) is 2.33. The first kappa shape index (κ1) is 14.9. The molecule has 2 N–H and O–H groups in total. The molecular formula is C13H23N3O2. The summed E-state index contributed by atoms with van der Waals surface area (Å²) in [5, 5.41) is 8.08. The van der Waals surface area contributed by atoms with Crippen molar-refractivity contribution in [1.82, 2.24) is 10.2 Å². The van der Waals surface area contributed by atoms with E-state index in [0.29, 0.717) is 31.6 Å². The zero-order valence-electron chi connectivity index (χ0n) is 11.7. The Balaban J connectivity index is 2.49. The van der Waals surface area contributed by atoms with E-state index in [9.17, 15) is 0 Å². The summed E-state index contributed by atoms with van der Waals surface area (Å²) in [7, 11) is 0. The fourth-order valence-corrected chi connectivity index (χ4v) is 1.51. The summed E-state index contributed by atoms with van der Waals surface area (Å²) in [6.07, 6.45) is 0. The minimum absolute atomic E-state index is 0.407. The number of rotatable bonds is 7. The van der Waals surface area contributed by atoms with Crippen LogP contribution in [0.2, 0.25) is 0 Å². The van der Waals surface area contributed by atoms with Crippen molar-refractivity contribution in [2.45, 2.75) is 34.2 Å². The van der Waals surface area contributed by atoms with Crippen molar-refractivity contribution < 1.29 is 9.47 Å². The number of aromatic nitrogens is 2. The maximum Gasteiger partial charge on any atom is 0.238 e. The third kappa shape index (κ3) is 4.23. The van der Waals surface area contributed by atoms with Gasteiger partial charge in [-0.2, -0.15) is 5.10 Å². The molecule has 0 amide bonds. The van der Waals surface area contributed by atoms with Gasteiger partial charge < -0.3 is 15.2 Å². The van der Waals surface area contributed by atoms with E-state index in [0.717, 1.165) is 23.4 Å². The average molecular weight is 253 g/mol. The van der Waals surface area contributed by atoms with Crippen LogP contribution in [-0.4, -0.2) is 30.0 Å². The first-order valence-electron chi connectivity index (χ1n) is 6.29. The Kier molecular flexibility index (Phi) is 6.01. The van der Waals surface area contributed by atoms with E-state index in [-0.39, 0.29) is 0 Å². The van der Waals surface area contributed by atoms with Crippen LogP contribution in [0.5, 0.6) is 5.88 Å². The Morgan fingerprint density at radius 2 is 1.89 bits per heavy atom. The van der Waals surface area contributed by atoms with Crippen molar-refractivity contribution in [3.63, 3.8) is 0 Å². The molecule has 1 rings (SSSR count). The van der Waals surface area contributed by atoms with Crippen molar-refractivity contribution in [2.24, 2.45) is 11.7 Å². The van der Waals surface area contributed by atoms with Crippen molar-refractivity contribution in [3.05, 3.63) is 16.8 Å². The lowest BCUT2D eigenvalue weighted by Gasteiger charge is -2.12. The maximum absolute atomic E-state index is 5.71. The predicted octanol–water partition coefficient (Wildman–Crippen LogP) is 1.60. The van der Waals surface area contributed by atoms with E-state index in [1.165, 1.54) is 0 Å². The van der Waals surface area contributed by atoms with Crippen LogP contribution < -0.4 is 10.5 Å². The largest absolute Gasteiger partial charge is 0.474 e. The molecule has 1 heterocycles. The van der Waals surface area contributed by atoms with Crippen LogP contribution in [0.15, 0.2) is 0 Å². The minimum atomic E-state index is 0.407. The minimum Gasteiger partial charge on any atom is -0.474 e. The van der Waals surface area contributed by atoms with Gasteiger partial charge in [-0.1, -0.05) is 13.8 Å². The molecule has 1 aromatic heterocycles. The Morgan fingerprint density at radius 1 is 1.17 bits per heavy atom. The zero-order chi connectivity index (χ0) is 13.5. The van der Waals surface area contributed by atoms with Gasteiger partial charge in [0.2, 0.25) is 5.88 Å². The maximum atomic E-state index is 5.71. The second kappa shape index (κ2) is 7.28. The highest BCUT2D eigenvalue weighted by atomic mass is 16.5. The molecule has 18 heavy (non-hydrogen) atoms. The Morgan fingerprint density at radius 3 is 2.50 bits per heavy atom. The van der Waals surface area contributed by atoms with Crippen LogP contribution in [0.3, 0.4) is 0 Å². The number of aryl methyl sites for hydroxylation is 1. The van der Waals surface area contributed by atoms with Gasteiger partial charge in [-0.25, -0.2) is 0 Å². The van der Waals surface area contributed by atoms with Gasteiger partial charge in [0, 0.05) is 18.7 Å². The van der Waals surface area contributed by atoms with Crippen LogP contribution in [0.1, 0.15) is 30.7 Å². The second-order valence-electron chi connectivity index (χ2n) is 4.72. The third-order valence-corrected chi connectivity index (χ3v) is 2.67. The standard InChI is InChI=1S/C13H23N3O2/c1-9(2)8-17-5-6-18-13-12(7-14)10(3)11(4)15-16-13/h9H,5-8,14H2,1-4H3. The highest BCUT2D eigenvalue weighted by Gasteiger charge is 2.10. The van der Waals surface area contributed by atoms with Gasteiger partial charge >= 0.3 is 0 Å². The SMILES string of the molecule is Cc1nnc(OCCOCC(C)C)c(CN)c1C. The molecule has 0 aliphatic rings. The molecule has 1 aromatic rings. The van der Waals surface area contributed by atoms with Gasteiger partial charge in [0.25, 0.3) is 0 Å². The van der Waals surface area contributed by atoms with Crippen molar-refractivity contribution in [1.29, 1.82) is 0 Å². The van der Waals surface area contributed by atoms with Gasteiger partial charge in [0.05, 0.1) is 12.3 Å². The molecule has 102 valence electrons. The molecule has 0 fully saturated rings. The van der Waals surface area contributed by atoms with Crippen molar-refractivity contribution in [2.75, 3.05) is 19.8 Å². The molecule has 0 spiro atoms. The molecule has 0 bridgehead atoms. The Hall–Kier alpha value is -1.20. The lowest BCUT2D eigenvalue weighted by Crippen LogP contribution is -2.14. The van der Waals surface area contributed by atoms with Gasteiger partial charge in [0.15, 0.2) is 0 Å². The van der Waals surface area contributed by atoms with E-state index in [1.807, 2.05) is 13.8 Å². The fourth-order valence-electron chi connectivity index (χ4n) is 1.51. The summed E-state index contributed by atoms with van der Waals surface area (Å²) in [5.74, 6) is 1.06. The van der Waals surface area contributed by atoms with Crippen molar-refractivity contribution >= 4 is 0 Å². The first-order chi connectivity index (χ1) is 8.56. The lowest BCUT2D eigenvalue weighted by molar-refractivity contribution is 0.0800. The lowest BCUT2D eigenvalue weighted by atomic mass is 10.1. The van der Waals surface area contributed by atoms with Gasteiger partial charge in [0.1, 0.15) is 6.61 Å². The molecule has 0 aliphatic heterocycles. The summed E-state index contributed by atoms with van der Waals surface area (Å²) in [6, 6.07) is 0. The van der Waals surface area contributed by atoms with Gasteiger partial charge in [-0.15, -0.1) is 5.10 Å². The van der Waals surface area contributed by atoms with E-state index in [1.54, 1.807) is 0 Å². The van der Waals surface area contributed by atoms with Crippen LogP contribution in [-0.2, 0) is 11.3 Å². The monoisotopic (exact) mass is 253 g/mol. The van der Waals surface area contributed by atoms with Crippen LogP contribution in [0.25, 0.3) is 0 Å². The summed E-state index contributed by atoms with van der Waals surface area (Å²) in [4.78, 5) is 0. The molecule has 0 saturated carbocycles. The number of hydrogen-bond acceptors (Lipinski definition) is 5. The first-order valence-corrected chi connectivity index (χ1v) is 6.29. The van der Waals surface area contributed by atoms with E-state index >= 15 is 0 Å². The molecule has 0 atom stereocenters. The van der Waals surface area contributed by atoms with E-state index in [4.69, 9.17) is 15.2 Å². The summed E-state index contributed by atoms with van der Waals surface area (Å²) in [6.45, 7) is 10.3. The number of hydrogen-bond donors (Lipinski definition) is 1. The highest BCUT2D eigenvalue weighted by Crippen LogP contribution is 2.19. The van der Waals surface area contributed by atoms with Crippen molar-refractivity contribution in [3.8, 4) is 5.88 Å². The molecule has 5 nitrogen and oxygen atoms in total. The number of nitrogens with zero attached hydrogens (tertiary/aromatic N) is 2. The van der Waals surface area contributed by atoms with E-state index < -0.39 is 0 Å². The molecule has 5 heteroatoms. The normalized spacial score (nSPS) is 11.0. The molecule has 0 unspecified atom stereocenters. The quantitative estimate of drug-likeness (QED) is 0.747. The van der Waals surface area contributed by atoms with Crippen LogP contribution >= 0.6 is 0 Å². The van der Waals surface area contributed by atoms with E-state index in [2.05, 4.69) is 24.0 Å². The molecular weight excluding hydrogens is 230 g/mol. The molecule has 0 aromatic carbocycles. The third-order valence-electron chi connectivity index (χ3n) is 2.67. The summed E-state index contributed by atoms with van der Waals surface area (Å²) < 4.78 is 11.0.